The first-order chi connectivity index (χ1) is 7.56. The van der Waals surface area contributed by atoms with Gasteiger partial charge in [0.1, 0.15) is 11.9 Å². The predicted molar refractivity (Wildman–Crippen MR) is 68.3 cm³/mol. The van der Waals surface area contributed by atoms with Gasteiger partial charge in [0.05, 0.1) is 0 Å². The van der Waals surface area contributed by atoms with E-state index in [1.165, 1.54) is 5.56 Å². The molecule has 1 aromatic rings. The zero-order valence-electron chi connectivity index (χ0n) is 10.2. The van der Waals surface area contributed by atoms with Gasteiger partial charge in [-0.1, -0.05) is 26.0 Å². The van der Waals surface area contributed by atoms with E-state index >= 15 is 0 Å². The lowest BCUT2D eigenvalue weighted by Crippen LogP contribution is -2.55. The normalized spacial score (nSPS) is 33.2. The van der Waals surface area contributed by atoms with Crippen LogP contribution in [-0.4, -0.2) is 11.5 Å². The van der Waals surface area contributed by atoms with Crippen LogP contribution in [0.5, 0.6) is 5.75 Å². The van der Waals surface area contributed by atoms with Crippen LogP contribution in [-0.2, 0) is 0 Å². The highest BCUT2D eigenvalue weighted by atomic mass is 35.5. The van der Waals surface area contributed by atoms with Crippen molar-refractivity contribution in [3.63, 3.8) is 0 Å². The molecule has 16 heavy (non-hydrogen) atoms. The third kappa shape index (κ3) is 1.93. The van der Waals surface area contributed by atoms with Crippen LogP contribution in [0.25, 0.3) is 0 Å². The van der Waals surface area contributed by atoms with Gasteiger partial charge >= 0.3 is 0 Å². The van der Waals surface area contributed by atoms with E-state index in [1.54, 1.807) is 0 Å². The minimum atomic E-state index is 0.130. The topological polar surface area (TPSA) is 9.23 Å². The Morgan fingerprint density at radius 1 is 1.50 bits per heavy atom. The van der Waals surface area contributed by atoms with Gasteiger partial charge in [0.25, 0.3) is 0 Å². The number of rotatable bonds is 3. The SMILES string of the molecule is CCC1(C)C(Cl)CC1Oc1cccc(C)c1. The summed E-state index contributed by atoms with van der Waals surface area (Å²) in [5.74, 6) is 0.966. The fourth-order valence-corrected chi connectivity index (χ4v) is 2.71. The van der Waals surface area contributed by atoms with Crippen LogP contribution in [0, 0.1) is 12.3 Å². The second-order valence-corrected chi connectivity index (χ2v) is 5.51. The lowest BCUT2D eigenvalue weighted by Gasteiger charge is -2.50. The van der Waals surface area contributed by atoms with Gasteiger partial charge in [-0.15, -0.1) is 11.6 Å². The molecule has 0 aromatic heterocycles. The Labute approximate surface area is 103 Å². The number of alkyl halides is 1. The van der Waals surface area contributed by atoms with Gasteiger partial charge in [-0.25, -0.2) is 0 Å². The summed E-state index contributed by atoms with van der Waals surface area (Å²) in [4.78, 5) is 0. The fraction of sp³-hybridized carbons (Fsp3) is 0.571. The molecule has 0 spiro atoms. The van der Waals surface area contributed by atoms with Crippen molar-refractivity contribution >= 4 is 11.6 Å². The van der Waals surface area contributed by atoms with E-state index in [-0.39, 0.29) is 16.9 Å². The molecule has 1 aliphatic rings. The summed E-state index contributed by atoms with van der Waals surface area (Å²) in [6.07, 6.45) is 2.29. The summed E-state index contributed by atoms with van der Waals surface area (Å²) in [6.45, 7) is 6.48. The summed E-state index contributed by atoms with van der Waals surface area (Å²) in [5.41, 5.74) is 1.36. The zero-order valence-corrected chi connectivity index (χ0v) is 10.9. The van der Waals surface area contributed by atoms with Crippen LogP contribution in [0.3, 0.4) is 0 Å². The molecule has 0 saturated heterocycles. The maximum absolute atomic E-state index is 6.27. The van der Waals surface area contributed by atoms with E-state index in [1.807, 2.05) is 12.1 Å². The van der Waals surface area contributed by atoms with E-state index in [9.17, 15) is 0 Å². The zero-order chi connectivity index (χ0) is 11.8. The van der Waals surface area contributed by atoms with Crippen molar-refractivity contribution in [3.05, 3.63) is 29.8 Å². The van der Waals surface area contributed by atoms with Gasteiger partial charge in [-0.05, 0) is 31.0 Å². The minimum Gasteiger partial charge on any atom is -0.490 e. The Bertz CT molecular complexity index is 377. The molecular formula is C14H19ClO. The van der Waals surface area contributed by atoms with E-state index in [0.29, 0.717) is 0 Å². The molecule has 3 unspecified atom stereocenters. The molecule has 2 rings (SSSR count). The first-order valence-electron chi connectivity index (χ1n) is 5.93. The average Bonchev–Trinajstić information content (AvgIpc) is 2.27. The van der Waals surface area contributed by atoms with Gasteiger partial charge in [0.2, 0.25) is 0 Å². The maximum atomic E-state index is 6.27. The van der Waals surface area contributed by atoms with Crippen molar-refractivity contribution < 1.29 is 4.74 Å². The monoisotopic (exact) mass is 238 g/mol. The summed E-state index contributed by atoms with van der Waals surface area (Å²) in [5, 5.41) is 0.257. The molecule has 88 valence electrons. The Hall–Kier alpha value is -0.690. The molecule has 2 heteroatoms. The standard InChI is InChI=1S/C14H19ClO/c1-4-14(3)12(15)9-13(14)16-11-7-5-6-10(2)8-11/h5-8,12-13H,4,9H2,1-3H3. The third-order valence-electron chi connectivity index (χ3n) is 3.90. The number of halogens is 1. The first kappa shape index (κ1) is 11.8. The summed E-state index contributed by atoms with van der Waals surface area (Å²) >= 11 is 6.27. The molecule has 0 bridgehead atoms. The highest BCUT2D eigenvalue weighted by Crippen LogP contribution is 2.49. The average molecular weight is 239 g/mol. The van der Waals surface area contributed by atoms with Crippen LogP contribution in [0.2, 0.25) is 0 Å². The molecule has 1 fully saturated rings. The first-order valence-corrected chi connectivity index (χ1v) is 6.37. The quantitative estimate of drug-likeness (QED) is 0.719. The van der Waals surface area contributed by atoms with Crippen LogP contribution in [0.15, 0.2) is 24.3 Å². The molecule has 1 aromatic carbocycles. The van der Waals surface area contributed by atoms with Crippen molar-refractivity contribution in [1.29, 1.82) is 0 Å². The van der Waals surface area contributed by atoms with Crippen LogP contribution in [0.4, 0.5) is 0 Å². The molecule has 3 atom stereocenters. The number of benzene rings is 1. The highest BCUT2D eigenvalue weighted by molar-refractivity contribution is 6.21. The maximum Gasteiger partial charge on any atom is 0.120 e. The van der Waals surface area contributed by atoms with Gasteiger partial charge in [-0.3, -0.25) is 0 Å². The Balaban J connectivity index is 2.06. The summed E-state index contributed by atoms with van der Waals surface area (Å²) < 4.78 is 6.02. The van der Waals surface area contributed by atoms with E-state index in [0.717, 1.165) is 18.6 Å². The highest BCUT2D eigenvalue weighted by Gasteiger charge is 2.51. The van der Waals surface area contributed by atoms with Crippen molar-refractivity contribution in [2.45, 2.75) is 45.1 Å². The summed E-state index contributed by atoms with van der Waals surface area (Å²) in [7, 11) is 0. The third-order valence-corrected chi connectivity index (χ3v) is 4.58. The van der Waals surface area contributed by atoms with Crippen molar-refractivity contribution in [1.82, 2.24) is 0 Å². The molecule has 1 saturated carbocycles. The van der Waals surface area contributed by atoms with E-state index < -0.39 is 0 Å². The number of ether oxygens (including phenoxy) is 1. The lowest BCUT2D eigenvalue weighted by atomic mass is 9.65. The molecule has 0 aliphatic heterocycles. The largest absolute Gasteiger partial charge is 0.490 e. The van der Waals surface area contributed by atoms with Crippen LogP contribution < -0.4 is 4.74 Å². The van der Waals surface area contributed by atoms with Crippen molar-refractivity contribution in [2.75, 3.05) is 0 Å². The lowest BCUT2D eigenvalue weighted by molar-refractivity contribution is -0.0295. The molecular weight excluding hydrogens is 220 g/mol. The second kappa shape index (κ2) is 4.29. The Morgan fingerprint density at radius 3 is 2.81 bits per heavy atom. The van der Waals surface area contributed by atoms with Crippen LogP contribution in [0.1, 0.15) is 32.3 Å². The molecule has 0 heterocycles. The fourth-order valence-electron chi connectivity index (χ4n) is 2.25. The Morgan fingerprint density at radius 2 is 2.25 bits per heavy atom. The van der Waals surface area contributed by atoms with Gasteiger partial charge in [0, 0.05) is 17.2 Å². The van der Waals surface area contributed by atoms with Crippen molar-refractivity contribution in [2.24, 2.45) is 5.41 Å². The van der Waals surface area contributed by atoms with Gasteiger partial charge in [0.15, 0.2) is 0 Å². The minimum absolute atomic E-state index is 0.130. The number of hydrogen-bond acceptors (Lipinski definition) is 1. The predicted octanol–water partition coefficient (Wildman–Crippen LogP) is 4.17. The second-order valence-electron chi connectivity index (χ2n) is 4.99. The van der Waals surface area contributed by atoms with Gasteiger partial charge < -0.3 is 4.74 Å². The Kier molecular flexibility index (Phi) is 3.16. The van der Waals surface area contributed by atoms with E-state index in [4.69, 9.17) is 16.3 Å². The van der Waals surface area contributed by atoms with Crippen molar-refractivity contribution in [3.8, 4) is 5.75 Å². The molecule has 0 amide bonds. The van der Waals surface area contributed by atoms with Crippen LogP contribution >= 0.6 is 11.6 Å². The molecule has 1 aliphatic carbocycles. The molecule has 1 nitrogen and oxygen atoms in total. The van der Waals surface area contributed by atoms with E-state index in [2.05, 4.69) is 32.9 Å². The number of hydrogen-bond donors (Lipinski definition) is 0. The smallest absolute Gasteiger partial charge is 0.120 e. The molecule has 0 radical (unpaired) electrons. The molecule has 0 N–H and O–H groups in total. The number of aryl methyl sites for hydroxylation is 1. The van der Waals surface area contributed by atoms with Gasteiger partial charge in [-0.2, -0.15) is 0 Å². The summed E-state index contributed by atoms with van der Waals surface area (Å²) in [6, 6.07) is 8.21.